The summed E-state index contributed by atoms with van der Waals surface area (Å²) in [5.74, 6) is -6.06. The summed E-state index contributed by atoms with van der Waals surface area (Å²) in [6, 6.07) is 14.8. The molecular weight excluding hydrogens is 647 g/mol. The van der Waals surface area contributed by atoms with Crippen LogP contribution in [0.5, 0.6) is 11.5 Å². The van der Waals surface area contributed by atoms with Crippen LogP contribution in [0, 0.1) is 11.6 Å². The number of hydrogen-bond acceptors (Lipinski definition) is 7. The molecule has 1 amide bonds. The Hall–Kier alpha value is -4.27. The second-order valence-electron chi connectivity index (χ2n) is 10.3. The third-order valence-electron chi connectivity index (χ3n) is 7.06. The van der Waals surface area contributed by atoms with Crippen molar-refractivity contribution < 1.29 is 89.6 Å². The molecular formula is C32H22F6NNaO7. The number of fused-ring (bicyclic) bond motifs is 2. The van der Waals surface area contributed by atoms with Gasteiger partial charge in [0.05, 0.1) is 12.5 Å². The number of esters is 1. The van der Waals surface area contributed by atoms with Crippen LogP contribution >= 0.6 is 0 Å². The Labute approximate surface area is 284 Å². The number of rotatable bonds is 10. The molecule has 1 N–H and O–H groups in total. The maximum atomic E-state index is 14.5. The number of ether oxygens (including phenoxy) is 3. The number of aliphatic carboxylic acids is 1. The predicted octanol–water partition coefficient (Wildman–Crippen LogP) is 2.23. The number of carboxylic acids is 1. The number of carbonyl (C=O) groups is 3. The Morgan fingerprint density at radius 2 is 1.45 bits per heavy atom. The van der Waals surface area contributed by atoms with Gasteiger partial charge in [-0.25, -0.2) is 8.78 Å². The van der Waals surface area contributed by atoms with Crippen molar-refractivity contribution in [2.75, 3.05) is 0 Å². The summed E-state index contributed by atoms with van der Waals surface area (Å²) in [6.07, 6.45) is -13.1. The van der Waals surface area contributed by atoms with E-state index in [1.165, 1.54) is 54.6 Å². The third kappa shape index (κ3) is 8.00. The van der Waals surface area contributed by atoms with Gasteiger partial charge < -0.3 is 29.4 Å². The molecule has 4 aromatic carbocycles. The monoisotopic (exact) mass is 669 g/mol. The topological polar surface area (TPSA) is 114 Å². The van der Waals surface area contributed by atoms with Crippen molar-refractivity contribution >= 4 is 28.6 Å². The molecule has 0 bridgehead atoms. The minimum Gasteiger partial charge on any atom is -0.550 e. The van der Waals surface area contributed by atoms with E-state index in [0.29, 0.717) is 0 Å². The van der Waals surface area contributed by atoms with Crippen LogP contribution in [0.25, 0.3) is 10.8 Å². The minimum atomic E-state index is -5.01. The molecule has 0 spiro atoms. The smallest absolute Gasteiger partial charge is 0.550 e. The van der Waals surface area contributed by atoms with Crippen LogP contribution in [0.15, 0.2) is 78.9 Å². The van der Waals surface area contributed by atoms with E-state index in [2.05, 4.69) is 14.8 Å². The van der Waals surface area contributed by atoms with Crippen LogP contribution in [0.2, 0.25) is 0 Å². The van der Waals surface area contributed by atoms with Gasteiger partial charge in [0.2, 0.25) is 0 Å². The normalized spacial score (nSPS) is 15.5. The molecule has 240 valence electrons. The first-order valence-electron chi connectivity index (χ1n) is 13.6. The molecule has 1 aliphatic heterocycles. The minimum absolute atomic E-state index is 0. The Morgan fingerprint density at radius 1 is 0.809 bits per heavy atom. The van der Waals surface area contributed by atoms with Gasteiger partial charge in [0.15, 0.2) is 11.5 Å². The summed E-state index contributed by atoms with van der Waals surface area (Å²) >= 11 is 0. The van der Waals surface area contributed by atoms with Crippen molar-refractivity contribution in [2.45, 2.75) is 43.6 Å². The molecule has 0 aliphatic carbocycles. The van der Waals surface area contributed by atoms with Crippen LogP contribution < -0.4 is 49.5 Å². The number of carboxylic acid groups (broad SMARTS) is 1. The fraction of sp³-hybridized carbons (Fsp3) is 0.219. The summed E-state index contributed by atoms with van der Waals surface area (Å²) in [7, 11) is 0. The number of halogens is 6. The molecule has 4 aromatic rings. The van der Waals surface area contributed by atoms with Gasteiger partial charge in [-0.05, 0) is 65.8 Å². The van der Waals surface area contributed by atoms with Crippen molar-refractivity contribution in [2.24, 2.45) is 0 Å². The SMILES string of the molecule is O=C([O-])CCC(=O)OC(c1ccc(F)cc1)C(Cc1ccc2c(c1)OC(F)(F)C(F)(F)O2)NC(=O)c1cccc2c(F)cccc12.[Na+]. The van der Waals surface area contributed by atoms with E-state index in [-0.39, 0.29) is 63.4 Å². The molecule has 47 heavy (non-hydrogen) atoms. The fourth-order valence-corrected chi connectivity index (χ4v) is 4.88. The van der Waals surface area contributed by atoms with Crippen LogP contribution in [0.3, 0.4) is 0 Å². The molecule has 0 saturated carbocycles. The van der Waals surface area contributed by atoms with Crippen LogP contribution in [0.4, 0.5) is 26.3 Å². The number of alkyl halides is 4. The zero-order valence-electron chi connectivity index (χ0n) is 24.4. The molecule has 2 unspecified atom stereocenters. The van der Waals surface area contributed by atoms with E-state index in [0.717, 1.165) is 24.3 Å². The number of carbonyl (C=O) groups excluding carboxylic acids is 3. The standard InChI is InChI=1S/C32H23F6NO7.Na/c33-19-10-8-18(9-11-19)29(44-28(42)14-13-27(40)41)24(39-30(43)22-5-1-4-21-20(22)3-2-6-23(21)34)15-17-7-12-25-26(16-17)46-32(37,38)31(35,36)45-25;/h1-12,16,24,29H,13-15H2,(H,39,43)(H,40,41);/q;+1/p-1. The van der Waals surface area contributed by atoms with Gasteiger partial charge in [0.25, 0.3) is 5.91 Å². The van der Waals surface area contributed by atoms with Crippen molar-refractivity contribution in [3.8, 4) is 11.5 Å². The fourth-order valence-electron chi connectivity index (χ4n) is 4.88. The average Bonchev–Trinajstić information content (AvgIpc) is 2.99. The summed E-state index contributed by atoms with van der Waals surface area (Å²) in [5, 5.41) is 14.0. The van der Waals surface area contributed by atoms with Gasteiger partial charge >= 0.3 is 47.7 Å². The number of amides is 1. The van der Waals surface area contributed by atoms with E-state index in [9.17, 15) is 45.8 Å². The predicted molar refractivity (Wildman–Crippen MR) is 146 cm³/mol. The van der Waals surface area contributed by atoms with E-state index < -0.39 is 78.2 Å². The van der Waals surface area contributed by atoms with Crippen molar-refractivity contribution in [1.29, 1.82) is 0 Å². The molecule has 2 atom stereocenters. The van der Waals surface area contributed by atoms with Crippen LogP contribution in [0.1, 0.15) is 40.4 Å². The molecule has 0 fully saturated rings. The van der Waals surface area contributed by atoms with Crippen molar-refractivity contribution in [1.82, 2.24) is 5.32 Å². The average molecular weight is 670 g/mol. The van der Waals surface area contributed by atoms with Crippen LogP contribution in [-0.4, -0.2) is 36.1 Å². The largest absolute Gasteiger partial charge is 1.00 e. The summed E-state index contributed by atoms with van der Waals surface area (Å²) in [4.78, 5) is 37.4. The van der Waals surface area contributed by atoms with Crippen LogP contribution in [-0.2, 0) is 20.7 Å². The molecule has 0 aromatic heterocycles. The second kappa shape index (κ2) is 14.2. The zero-order valence-corrected chi connectivity index (χ0v) is 26.4. The van der Waals surface area contributed by atoms with E-state index in [4.69, 9.17) is 4.74 Å². The van der Waals surface area contributed by atoms with E-state index >= 15 is 0 Å². The number of hydrogen-bond donors (Lipinski definition) is 1. The van der Waals surface area contributed by atoms with Gasteiger partial charge in [-0.15, -0.1) is 0 Å². The summed E-state index contributed by atoms with van der Waals surface area (Å²) in [5.41, 5.74) is 0.254. The second-order valence-corrected chi connectivity index (χ2v) is 10.3. The van der Waals surface area contributed by atoms with E-state index in [1.807, 2.05) is 0 Å². The maximum Gasteiger partial charge on any atom is 1.00 e. The van der Waals surface area contributed by atoms with Gasteiger partial charge in [0.1, 0.15) is 17.7 Å². The van der Waals surface area contributed by atoms with Gasteiger partial charge in [0, 0.05) is 16.9 Å². The first kappa shape index (κ1) is 35.6. The molecule has 5 rings (SSSR count). The molecule has 1 heterocycles. The van der Waals surface area contributed by atoms with Gasteiger partial charge in [-0.1, -0.05) is 42.5 Å². The molecule has 1 aliphatic rings. The Morgan fingerprint density at radius 3 is 2.13 bits per heavy atom. The first-order valence-corrected chi connectivity index (χ1v) is 13.6. The summed E-state index contributed by atoms with van der Waals surface area (Å²) in [6.45, 7) is 0. The Balaban J connectivity index is 0.00000500. The van der Waals surface area contributed by atoms with E-state index in [1.54, 1.807) is 0 Å². The molecule has 0 radical (unpaired) electrons. The van der Waals surface area contributed by atoms with Gasteiger partial charge in [-0.3, -0.25) is 9.59 Å². The molecule has 8 nitrogen and oxygen atoms in total. The zero-order chi connectivity index (χ0) is 33.2. The molecule has 0 saturated heterocycles. The Kier molecular flexibility index (Phi) is 10.8. The third-order valence-corrected chi connectivity index (χ3v) is 7.06. The summed E-state index contributed by atoms with van der Waals surface area (Å²) < 4.78 is 97.4. The quantitative estimate of drug-likeness (QED) is 0.157. The first-order chi connectivity index (χ1) is 21.7. The van der Waals surface area contributed by atoms with Crippen molar-refractivity contribution in [3.63, 3.8) is 0 Å². The number of nitrogens with one attached hydrogen (secondary N) is 1. The molecule has 15 heteroatoms. The maximum absolute atomic E-state index is 14.5. The van der Waals surface area contributed by atoms with Crippen molar-refractivity contribution in [3.05, 3.63) is 107 Å². The Bertz CT molecular complexity index is 1810. The van der Waals surface area contributed by atoms with Gasteiger partial charge in [-0.2, -0.15) is 17.6 Å². The number of benzene rings is 4.